The van der Waals surface area contributed by atoms with Crippen molar-refractivity contribution in [3.05, 3.63) is 33.3 Å². The number of carbonyl (C=O) groups excluding carboxylic acids is 1. The number of hydrogen-bond donors (Lipinski definition) is 1. The molecule has 1 fully saturated rings. The molecule has 1 aliphatic rings. The molecule has 18 heavy (non-hydrogen) atoms. The number of benzene rings is 1. The summed E-state index contributed by atoms with van der Waals surface area (Å²) < 4.78 is 0.756. The number of likely N-dealkylation sites (N-methyl/N-ethyl adjacent to an activating group) is 1. The number of amides is 1. The van der Waals surface area contributed by atoms with E-state index in [0.29, 0.717) is 16.6 Å². The van der Waals surface area contributed by atoms with Crippen LogP contribution in [0.25, 0.3) is 0 Å². The zero-order valence-electron chi connectivity index (χ0n) is 10.2. The summed E-state index contributed by atoms with van der Waals surface area (Å²) in [4.78, 5) is 14.3. The molecule has 0 aromatic heterocycles. The summed E-state index contributed by atoms with van der Waals surface area (Å²) in [5.41, 5.74) is 0.677. The fourth-order valence-electron chi connectivity index (χ4n) is 2.23. The lowest BCUT2D eigenvalue weighted by molar-refractivity contribution is 0.0697. The SMILES string of the molecule is CN[C@@H]1CCCN(C(=O)c2ccc(Cl)cc2Br)C1. The molecule has 1 saturated heterocycles. The van der Waals surface area contributed by atoms with Crippen molar-refractivity contribution in [3.8, 4) is 0 Å². The molecule has 0 unspecified atom stereocenters. The standard InChI is InChI=1S/C13H16BrClN2O/c1-16-10-3-2-6-17(8-10)13(18)11-5-4-9(15)7-12(11)14/h4-5,7,10,16H,2-3,6,8H2,1H3/t10-/m1/s1. The molecule has 1 aromatic rings. The molecule has 0 bridgehead atoms. The van der Waals surface area contributed by atoms with Crippen LogP contribution in [0.15, 0.2) is 22.7 Å². The first-order valence-corrected chi connectivity index (χ1v) is 7.20. The Balaban J connectivity index is 2.15. The highest BCUT2D eigenvalue weighted by molar-refractivity contribution is 9.10. The lowest BCUT2D eigenvalue weighted by Gasteiger charge is -2.32. The minimum Gasteiger partial charge on any atom is -0.337 e. The van der Waals surface area contributed by atoms with Crippen molar-refractivity contribution in [3.63, 3.8) is 0 Å². The maximum absolute atomic E-state index is 12.4. The fraction of sp³-hybridized carbons (Fsp3) is 0.462. The second-order valence-corrected chi connectivity index (χ2v) is 5.79. The van der Waals surface area contributed by atoms with Gasteiger partial charge >= 0.3 is 0 Å². The van der Waals surface area contributed by atoms with Crippen LogP contribution in [0.1, 0.15) is 23.2 Å². The van der Waals surface area contributed by atoms with Gasteiger partial charge in [0, 0.05) is 28.6 Å². The molecule has 0 radical (unpaired) electrons. The fourth-order valence-corrected chi connectivity index (χ4v) is 3.08. The van der Waals surface area contributed by atoms with Gasteiger partial charge in [-0.3, -0.25) is 4.79 Å². The van der Waals surface area contributed by atoms with Crippen molar-refractivity contribution < 1.29 is 4.79 Å². The number of nitrogens with one attached hydrogen (secondary N) is 1. The van der Waals surface area contributed by atoms with Crippen LogP contribution >= 0.6 is 27.5 Å². The molecule has 2 rings (SSSR count). The molecule has 3 nitrogen and oxygen atoms in total. The summed E-state index contributed by atoms with van der Waals surface area (Å²) in [6.07, 6.45) is 2.17. The molecule has 5 heteroatoms. The monoisotopic (exact) mass is 330 g/mol. The van der Waals surface area contributed by atoms with E-state index in [2.05, 4.69) is 21.2 Å². The Kier molecular flexibility index (Phi) is 4.65. The molecular weight excluding hydrogens is 316 g/mol. The van der Waals surface area contributed by atoms with Crippen molar-refractivity contribution in [2.24, 2.45) is 0 Å². The van der Waals surface area contributed by atoms with E-state index in [9.17, 15) is 4.79 Å². The van der Waals surface area contributed by atoms with Crippen LogP contribution in [-0.4, -0.2) is 37.0 Å². The topological polar surface area (TPSA) is 32.3 Å². The van der Waals surface area contributed by atoms with Crippen LogP contribution in [-0.2, 0) is 0 Å². The van der Waals surface area contributed by atoms with Crippen molar-refractivity contribution in [1.29, 1.82) is 0 Å². The molecule has 1 N–H and O–H groups in total. The van der Waals surface area contributed by atoms with E-state index in [0.717, 1.165) is 30.4 Å². The first-order chi connectivity index (χ1) is 8.61. The highest BCUT2D eigenvalue weighted by Gasteiger charge is 2.24. The quantitative estimate of drug-likeness (QED) is 0.904. The highest BCUT2D eigenvalue weighted by atomic mass is 79.9. The highest BCUT2D eigenvalue weighted by Crippen LogP contribution is 2.24. The minimum atomic E-state index is 0.0680. The molecule has 0 aliphatic carbocycles. The van der Waals surface area contributed by atoms with Gasteiger partial charge in [-0.15, -0.1) is 0 Å². The number of likely N-dealkylation sites (tertiary alicyclic amines) is 1. The molecule has 0 saturated carbocycles. The normalized spacial score (nSPS) is 19.9. The van der Waals surface area contributed by atoms with Gasteiger partial charge in [0.25, 0.3) is 5.91 Å². The van der Waals surface area contributed by atoms with Gasteiger partial charge in [-0.1, -0.05) is 11.6 Å². The maximum Gasteiger partial charge on any atom is 0.255 e. The largest absolute Gasteiger partial charge is 0.337 e. The smallest absolute Gasteiger partial charge is 0.255 e. The predicted octanol–water partition coefficient (Wildman–Crippen LogP) is 2.93. The van der Waals surface area contributed by atoms with E-state index >= 15 is 0 Å². The van der Waals surface area contributed by atoms with Crippen molar-refractivity contribution in [1.82, 2.24) is 10.2 Å². The Bertz CT molecular complexity index is 453. The van der Waals surface area contributed by atoms with Gasteiger partial charge in [0.15, 0.2) is 0 Å². The maximum atomic E-state index is 12.4. The van der Waals surface area contributed by atoms with Gasteiger partial charge in [0.2, 0.25) is 0 Å². The lowest BCUT2D eigenvalue weighted by atomic mass is 10.0. The Morgan fingerprint density at radius 2 is 2.33 bits per heavy atom. The Morgan fingerprint density at radius 3 is 3.00 bits per heavy atom. The second-order valence-electron chi connectivity index (χ2n) is 4.50. The molecular formula is C13H16BrClN2O. The molecule has 1 aromatic carbocycles. The zero-order valence-corrected chi connectivity index (χ0v) is 12.6. The Morgan fingerprint density at radius 1 is 1.56 bits per heavy atom. The summed E-state index contributed by atoms with van der Waals surface area (Å²) in [5, 5.41) is 3.87. The van der Waals surface area contributed by atoms with Gasteiger partial charge in [-0.25, -0.2) is 0 Å². The van der Waals surface area contributed by atoms with Crippen LogP contribution in [0, 0.1) is 0 Å². The third kappa shape index (κ3) is 3.05. The van der Waals surface area contributed by atoms with Crippen molar-refractivity contribution in [2.75, 3.05) is 20.1 Å². The zero-order chi connectivity index (χ0) is 13.1. The van der Waals surface area contributed by atoms with Gasteiger partial charge in [-0.05, 0) is 54.0 Å². The van der Waals surface area contributed by atoms with Crippen LogP contribution in [0.3, 0.4) is 0 Å². The molecule has 0 spiro atoms. The first-order valence-electron chi connectivity index (χ1n) is 6.03. The van der Waals surface area contributed by atoms with E-state index < -0.39 is 0 Å². The minimum absolute atomic E-state index is 0.0680. The third-order valence-electron chi connectivity index (χ3n) is 3.28. The number of halogens is 2. The molecule has 1 amide bonds. The van der Waals surface area contributed by atoms with Crippen LogP contribution in [0.2, 0.25) is 5.02 Å². The number of nitrogens with zero attached hydrogens (tertiary/aromatic N) is 1. The summed E-state index contributed by atoms with van der Waals surface area (Å²) in [6, 6.07) is 5.68. The van der Waals surface area contributed by atoms with Gasteiger partial charge in [-0.2, -0.15) is 0 Å². The average molecular weight is 332 g/mol. The average Bonchev–Trinajstić information content (AvgIpc) is 2.38. The summed E-state index contributed by atoms with van der Waals surface area (Å²) >= 11 is 9.29. The molecule has 98 valence electrons. The van der Waals surface area contributed by atoms with Crippen molar-refractivity contribution in [2.45, 2.75) is 18.9 Å². The lowest BCUT2D eigenvalue weighted by Crippen LogP contribution is -2.47. The number of hydrogen-bond acceptors (Lipinski definition) is 2. The van der Waals surface area contributed by atoms with Crippen LogP contribution < -0.4 is 5.32 Å². The number of carbonyl (C=O) groups is 1. The van der Waals surface area contributed by atoms with Crippen LogP contribution in [0.5, 0.6) is 0 Å². The van der Waals surface area contributed by atoms with Gasteiger partial charge in [0.05, 0.1) is 5.56 Å². The van der Waals surface area contributed by atoms with E-state index in [1.165, 1.54) is 0 Å². The van der Waals surface area contributed by atoms with E-state index in [4.69, 9.17) is 11.6 Å². The van der Waals surface area contributed by atoms with E-state index in [-0.39, 0.29) is 5.91 Å². The summed E-state index contributed by atoms with van der Waals surface area (Å²) in [7, 11) is 1.94. The van der Waals surface area contributed by atoms with Gasteiger partial charge in [0.1, 0.15) is 0 Å². The van der Waals surface area contributed by atoms with Crippen LogP contribution in [0.4, 0.5) is 0 Å². The molecule has 1 heterocycles. The summed E-state index contributed by atoms with van der Waals surface area (Å²) in [6.45, 7) is 1.59. The summed E-state index contributed by atoms with van der Waals surface area (Å²) in [5.74, 6) is 0.0680. The molecule has 1 atom stereocenters. The second kappa shape index (κ2) is 6.04. The number of rotatable bonds is 2. The van der Waals surface area contributed by atoms with Gasteiger partial charge < -0.3 is 10.2 Å². The number of piperidine rings is 1. The van der Waals surface area contributed by atoms with Crippen molar-refractivity contribution >= 4 is 33.4 Å². The van der Waals surface area contributed by atoms with E-state index in [1.54, 1.807) is 18.2 Å². The predicted molar refractivity (Wildman–Crippen MR) is 77.1 cm³/mol. The Hall–Kier alpha value is -0.580. The third-order valence-corrected chi connectivity index (χ3v) is 4.17. The Labute approximate surface area is 121 Å². The van der Waals surface area contributed by atoms with E-state index in [1.807, 2.05) is 11.9 Å². The first kappa shape index (κ1) is 13.8. The molecule has 1 aliphatic heterocycles.